The Morgan fingerprint density at radius 1 is 0.317 bits per heavy atom. The molecule has 41 heavy (non-hydrogen) atoms. The third-order valence-electron chi connectivity index (χ3n) is 8.28. The number of hydrogen-bond acceptors (Lipinski definition) is 0. The smallest absolute Gasteiger partial charge is 0.0931 e. The van der Waals surface area contributed by atoms with Crippen LogP contribution < -0.4 is 31.1 Å². The molecule has 0 fully saturated rings. The Labute approximate surface area is 246 Å². The minimum atomic E-state index is -2.48. The standard InChI is InChI=1S/C39H34Si2/c1-7-20-34(21-8-1)40(35-22-9-2-10-23-35,36-24-11-3-12-25-36)32-19-33-41(37-26-13-4-14-27-37,38-28-15-5-16-29-38)39-30-17-6-18-31-39/h1-32H,33H2. The zero-order chi connectivity index (χ0) is 27.8. The maximum Gasteiger partial charge on any atom is 0.172 e. The Hall–Kier alpha value is -4.51. The minimum Gasteiger partial charge on any atom is -0.0931 e. The van der Waals surface area contributed by atoms with Crippen molar-refractivity contribution in [2.45, 2.75) is 6.04 Å². The van der Waals surface area contributed by atoms with E-state index >= 15 is 0 Å². The number of hydrogen-bond donors (Lipinski definition) is 0. The van der Waals surface area contributed by atoms with E-state index in [4.69, 9.17) is 0 Å². The van der Waals surface area contributed by atoms with Gasteiger partial charge in [-0.15, -0.1) is 0 Å². The van der Waals surface area contributed by atoms with Crippen LogP contribution in [0.1, 0.15) is 0 Å². The zero-order valence-electron chi connectivity index (χ0n) is 23.2. The Morgan fingerprint density at radius 3 is 0.829 bits per heavy atom. The van der Waals surface area contributed by atoms with Gasteiger partial charge < -0.3 is 0 Å². The van der Waals surface area contributed by atoms with Crippen molar-refractivity contribution in [1.29, 1.82) is 0 Å². The van der Waals surface area contributed by atoms with Crippen molar-refractivity contribution in [3.05, 3.63) is 194 Å². The first kappa shape index (κ1) is 26.7. The summed E-state index contributed by atoms with van der Waals surface area (Å²) in [6.45, 7) is 0. The molecule has 0 amide bonds. The van der Waals surface area contributed by atoms with E-state index in [2.05, 4.69) is 194 Å². The molecule has 0 aromatic heterocycles. The van der Waals surface area contributed by atoms with Crippen molar-refractivity contribution in [2.75, 3.05) is 0 Å². The third-order valence-corrected chi connectivity index (χ3v) is 17.6. The lowest BCUT2D eigenvalue weighted by Gasteiger charge is -2.34. The molecule has 0 atom stereocenters. The second-order valence-corrected chi connectivity index (χ2v) is 18.1. The number of benzene rings is 6. The van der Waals surface area contributed by atoms with Crippen LogP contribution in [-0.4, -0.2) is 16.1 Å². The van der Waals surface area contributed by atoms with Crippen molar-refractivity contribution in [1.82, 2.24) is 0 Å². The zero-order valence-corrected chi connectivity index (χ0v) is 25.2. The van der Waals surface area contributed by atoms with Crippen LogP contribution in [0.5, 0.6) is 0 Å². The normalized spacial score (nSPS) is 11.9. The summed E-state index contributed by atoms with van der Waals surface area (Å²) in [6.07, 6.45) is 2.54. The van der Waals surface area contributed by atoms with Crippen LogP contribution in [0.2, 0.25) is 6.04 Å². The maximum atomic E-state index is 2.61. The van der Waals surface area contributed by atoms with Gasteiger partial charge in [0.2, 0.25) is 0 Å². The summed E-state index contributed by atoms with van der Waals surface area (Å²) >= 11 is 0. The van der Waals surface area contributed by atoms with Gasteiger partial charge in [0.1, 0.15) is 0 Å². The van der Waals surface area contributed by atoms with Crippen LogP contribution in [0, 0.1) is 0 Å². The van der Waals surface area contributed by atoms with Crippen LogP contribution in [0.25, 0.3) is 0 Å². The molecule has 0 spiro atoms. The highest BCUT2D eigenvalue weighted by Gasteiger charge is 2.40. The van der Waals surface area contributed by atoms with Gasteiger partial charge in [-0.05, 0) is 37.2 Å². The van der Waals surface area contributed by atoms with E-state index in [1.807, 2.05) is 0 Å². The van der Waals surface area contributed by atoms with Crippen molar-refractivity contribution < 1.29 is 0 Å². The summed E-state index contributed by atoms with van der Waals surface area (Å²) in [5, 5.41) is 8.52. The molecule has 0 aliphatic carbocycles. The molecule has 0 saturated carbocycles. The van der Waals surface area contributed by atoms with Crippen molar-refractivity contribution in [3.63, 3.8) is 0 Å². The van der Waals surface area contributed by atoms with E-state index < -0.39 is 16.1 Å². The summed E-state index contributed by atoms with van der Waals surface area (Å²) in [4.78, 5) is 0. The Kier molecular flexibility index (Phi) is 8.04. The summed E-state index contributed by atoms with van der Waals surface area (Å²) in [5.74, 6) is 0. The average Bonchev–Trinajstić information content (AvgIpc) is 3.08. The van der Waals surface area contributed by atoms with E-state index in [0.29, 0.717) is 0 Å². The first-order valence-corrected chi connectivity index (χ1v) is 18.6. The van der Waals surface area contributed by atoms with Gasteiger partial charge in [0, 0.05) is 0 Å². The molecule has 6 aromatic carbocycles. The van der Waals surface area contributed by atoms with Crippen molar-refractivity contribution in [2.24, 2.45) is 0 Å². The molecule has 0 aliphatic rings. The fourth-order valence-corrected chi connectivity index (χ4v) is 15.2. The molecule has 0 aliphatic heterocycles. The molecule has 0 bridgehead atoms. The molecule has 0 N–H and O–H groups in total. The molecular weight excluding hydrogens is 525 g/mol. The van der Waals surface area contributed by atoms with E-state index in [0.717, 1.165) is 6.04 Å². The fourth-order valence-electron chi connectivity index (χ4n) is 6.33. The van der Waals surface area contributed by atoms with Gasteiger partial charge >= 0.3 is 0 Å². The quantitative estimate of drug-likeness (QED) is 0.164. The van der Waals surface area contributed by atoms with Crippen molar-refractivity contribution >= 4 is 47.3 Å². The molecule has 0 heterocycles. The highest BCUT2D eigenvalue weighted by Crippen LogP contribution is 2.17. The van der Waals surface area contributed by atoms with Crippen LogP contribution in [0.15, 0.2) is 194 Å². The van der Waals surface area contributed by atoms with E-state index in [9.17, 15) is 0 Å². The highest BCUT2D eigenvalue weighted by atomic mass is 28.3. The third kappa shape index (κ3) is 5.20. The molecule has 0 unspecified atom stereocenters. The molecule has 6 rings (SSSR count). The first-order chi connectivity index (χ1) is 20.3. The highest BCUT2D eigenvalue weighted by molar-refractivity contribution is 7.15. The molecule has 0 nitrogen and oxygen atoms in total. The van der Waals surface area contributed by atoms with Gasteiger partial charge in [0.05, 0.1) is 0 Å². The lowest BCUT2D eigenvalue weighted by atomic mass is 10.3. The molecule has 0 saturated heterocycles. The maximum absolute atomic E-state index is 2.61. The largest absolute Gasteiger partial charge is 0.172 e. The Balaban J connectivity index is 1.59. The number of rotatable bonds is 9. The Morgan fingerprint density at radius 2 is 0.561 bits per heavy atom. The van der Waals surface area contributed by atoms with Crippen LogP contribution >= 0.6 is 0 Å². The topological polar surface area (TPSA) is 0 Å². The van der Waals surface area contributed by atoms with E-state index in [-0.39, 0.29) is 0 Å². The summed E-state index contributed by atoms with van der Waals surface area (Å²) in [5.41, 5.74) is 2.61. The van der Waals surface area contributed by atoms with Crippen LogP contribution in [0.3, 0.4) is 0 Å². The summed E-state index contributed by atoms with van der Waals surface area (Å²) < 4.78 is 0. The van der Waals surface area contributed by atoms with Gasteiger partial charge in [0.25, 0.3) is 0 Å². The van der Waals surface area contributed by atoms with Gasteiger partial charge in [-0.1, -0.05) is 194 Å². The van der Waals surface area contributed by atoms with E-state index in [1.165, 1.54) is 31.1 Å². The van der Waals surface area contributed by atoms with Gasteiger partial charge in [-0.3, -0.25) is 0 Å². The van der Waals surface area contributed by atoms with Crippen LogP contribution in [-0.2, 0) is 0 Å². The lowest BCUT2D eigenvalue weighted by Crippen LogP contribution is -2.67. The SMILES string of the molecule is C(=C[Si](c1ccccc1)(c1ccccc1)c1ccccc1)C[Si](c1ccccc1)(c1ccccc1)c1ccccc1. The molecule has 2 heteroatoms. The molecule has 0 radical (unpaired) electrons. The minimum absolute atomic E-state index is 0.978. The first-order valence-electron chi connectivity index (χ1n) is 14.3. The van der Waals surface area contributed by atoms with Gasteiger partial charge in [0.15, 0.2) is 16.1 Å². The summed E-state index contributed by atoms with van der Waals surface area (Å²) in [7, 11) is -4.88. The average molecular weight is 559 g/mol. The molecule has 6 aromatic rings. The van der Waals surface area contributed by atoms with Crippen molar-refractivity contribution in [3.8, 4) is 0 Å². The predicted octanol–water partition coefficient (Wildman–Crippen LogP) is 5.42. The molecular formula is C39H34Si2. The van der Waals surface area contributed by atoms with Gasteiger partial charge in [-0.25, -0.2) is 0 Å². The lowest BCUT2D eigenvalue weighted by molar-refractivity contribution is 1.56. The van der Waals surface area contributed by atoms with E-state index in [1.54, 1.807) is 0 Å². The Bertz CT molecular complexity index is 1470. The second-order valence-electron chi connectivity index (χ2n) is 10.5. The predicted molar refractivity (Wildman–Crippen MR) is 182 cm³/mol. The molecule has 198 valence electrons. The second kappa shape index (κ2) is 12.3. The fraction of sp³-hybridized carbons (Fsp3) is 0.0256. The van der Waals surface area contributed by atoms with Crippen LogP contribution in [0.4, 0.5) is 0 Å². The number of allylic oxidation sites excluding steroid dienone is 1. The summed E-state index contributed by atoms with van der Waals surface area (Å²) in [6, 6.07) is 68.1. The monoisotopic (exact) mass is 558 g/mol. The van der Waals surface area contributed by atoms with Gasteiger partial charge in [-0.2, -0.15) is 0 Å².